The zero-order valence-electron chi connectivity index (χ0n) is 7.49. The minimum Gasteiger partial charge on any atom is -0.508 e. The monoisotopic (exact) mass is 192 g/mol. The summed E-state index contributed by atoms with van der Waals surface area (Å²) >= 11 is 4.30. The van der Waals surface area contributed by atoms with Gasteiger partial charge in [0.2, 0.25) is 0 Å². The van der Waals surface area contributed by atoms with Crippen molar-refractivity contribution in [2.24, 2.45) is 0 Å². The van der Waals surface area contributed by atoms with Crippen molar-refractivity contribution in [1.29, 1.82) is 0 Å². The number of benzene rings is 1. The second kappa shape index (κ2) is 4.19. The fourth-order valence-corrected chi connectivity index (χ4v) is 1.34. The molecular weight excluding hydrogens is 180 g/mol. The van der Waals surface area contributed by atoms with Crippen molar-refractivity contribution in [3.63, 3.8) is 0 Å². The summed E-state index contributed by atoms with van der Waals surface area (Å²) in [6, 6.07) is 6.97. The maximum atomic E-state index is 9.21. The molecule has 1 nitrogen and oxygen atoms in total. The molecule has 1 aromatic carbocycles. The van der Waals surface area contributed by atoms with Gasteiger partial charge in [0.15, 0.2) is 0 Å². The highest BCUT2D eigenvalue weighted by Gasteiger charge is 1.96. The standard InChI is InChI=1S/C11H12OS/c1-8(2)6-11(13)9-4-3-5-10(12)7-9/h3-7,12-13H,1H2,2H3/b11-6-. The van der Waals surface area contributed by atoms with Crippen molar-refractivity contribution < 1.29 is 5.11 Å². The molecule has 0 aromatic heterocycles. The topological polar surface area (TPSA) is 20.2 Å². The van der Waals surface area contributed by atoms with Crippen molar-refractivity contribution in [3.8, 4) is 5.75 Å². The summed E-state index contributed by atoms with van der Waals surface area (Å²) in [6.45, 7) is 5.66. The second-order valence-electron chi connectivity index (χ2n) is 2.93. The van der Waals surface area contributed by atoms with Gasteiger partial charge < -0.3 is 5.11 Å². The molecule has 68 valence electrons. The molecule has 0 radical (unpaired) electrons. The molecule has 2 heteroatoms. The van der Waals surface area contributed by atoms with Gasteiger partial charge in [0, 0.05) is 4.91 Å². The number of thiol groups is 1. The first-order valence-corrected chi connectivity index (χ1v) is 4.40. The van der Waals surface area contributed by atoms with Crippen LogP contribution in [0.1, 0.15) is 12.5 Å². The van der Waals surface area contributed by atoms with Crippen LogP contribution in [0.5, 0.6) is 5.75 Å². The zero-order chi connectivity index (χ0) is 9.84. The van der Waals surface area contributed by atoms with Crippen LogP contribution >= 0.6 is 12.6 Å². The van der Waals surface area contributed by atoms with Crippen LogP contribution < -0.4 is 0 Å². The average Bonchev–Trinajstić information content (AvgIpc) is 2.03. The van der Waals surface area contributed by atoms with Gasteiger partial charge in [-0.2, -0.15) is 0 Å². The van der Waals surface area contributed by atoms with Crippen molar-refractivity contribution in [2.75, 3.05) is 0 Å². The SMILES string of the molecule is C=C(C)/C=C(\S)c1cccc(O)c1. The largest absolute Gasteiger partial charge is 0.508 e. The Kier molecular flexibility index (Phi) is 3.20. The molecule has 0 fully saturated rings. The van der Waals surface area contributed by atoms with Gasteiger partial charge in [-0.3, -0.25) is 0 Å². The number of phenols is 1. The Morgan fingerprint density at radius 3 is 2.77 bits per heavy atom. The highest BCUT2D eigenvalue weighted by Crippen LogP contribution is 2.22. The van der Waals surface area contributed by atoms with Crippen molar-refractivity contribution in [1.82, 2.24) is 0 Å². The third-order valence-electron chi connectivity index (χ3n) is 1.53. The van der Waals surface area contributed by atoms with E-state index in [9.17, 15) is 5.11 Å². The minimum atomic E-state index is 0.249. The summed E-state index contributed by atoms with van der Waals surface area (Å²) in [5.74, 6) is 0.249. The zero-order valence-corrected chi connectivity index (χ0v) is 8.38. The molecular formula is C11H12OS. The predicted octanol–water partition coefficient (Wildman–Crippen LogP) is 3.24. The van der Waals surface area contributed by atoms with Crippen LogP contribution in [0.2, 0.25) is 0 Å². The summed E-state index contributed by atoms with van der Waals surface area (Å²) < 4.78 is 0. The van der Waals surface area contributed by atoms with Gasteiger partial charge >= 0.3 is 0 Å². The highest BCUT2D eigenvalue weighted by atomic mass is 32.1. The van der Waals surface area contributed by atoms with E-state index >= 15 is 0 Å². The number of aromatic hydroxyl groups is 1. The van der Waals surface area contributed by atoms with Gasteiger partial charge in [-0.15, -0.1) is 12.6 Å². The van der Waals surface area contributed by atoms with E-state index in [0.717, 1.165) is 16.0 Å². The van der Waals surface area contributed by atoms with Gasteiger partial charge in [-0.1, -0.05) is 24.3 Å². The number of hydrogen-bond acceptors (Lipinski definition) is 2. The molecule has 0 atom stereocenters. The molecule has 0 unspecified atom stereocenters. The second-order valence-corrected chi connectivity index (χ2v) is 3.41. The Balaban J connectivity index is 3.02. The maximum Gasteiger partial charge on any atom is 0.116 e. The predicted molar refractivity (Wildman–Crippen MR) is 59.9 cm³/mol. The maximum absolute atomic E-state index is 9.21. The minimum absolute atomic E-state index is 0.249. The van der Waals surface area contributed by atoms with E-state index < -0.39 is 0 Å². The molecule has 1 rings (SSSR count). The molecule has 0 bridgehead atoms. The van der Waals surface area contributed by atoms with Gasteiger partial charge in [0.25, 0.3) is 0 Å². The number of phenolic OH excluding ortho intramolecular Hbond substituents is 1. The lowest BCUT2D eigenvalue weighted by Crippen LogP contribution is -1.77. The number of hydrogen-bond donors (Lipinski definition) is 2. The lowest BCUT2D eigenvalue weighted by molar-refractivity contribution is 0.475. The third-order valence-corrected chi connectivity index (χ3v) is 1.91. The van der Waals surface area contributed by atoms with Crippen LogP contribution in [0.4, 0.5) is 0 Å². The van der Waals surface area contributed by atoms with Crippen LogP contribution in [0.25, 0.3) is 4.91 Å². The fraction of sp³-hybridized carbons (Fsp3) is 0.0909. The third kappa shape index (κ3) is 2.99. The summed E-state index contributed by atoms with van der Waals surface area (Å²) in [5.41, 5.74) is 1.83. The van der Waals surface area contributed by atoms with Gasteiger partial charge in [0.1, 0.15) is 5.75 Å². The first-order valence-electron chi connectivity index (χ1n) is 3.95. The first-order chi connectivity index (χ1) is 6.09. The van der Waals surface area contributed by atoms with Crippen LogP contribution in [0.15, 0.2) is 42.5 Å². The molecule has 1 N–H and O–H groups in total. The Labute approximate surface area is 83.8 Å². The summed E-state index contributed by atoms with van der Waals surface area (Å²) in [7, 11) is 0. The van der Waals surface area contributed by atoms with E-state index in [2.05, 4.69) is 19.2 Å². The summed E-state index contributed by atoms with van der Waals surface area (Å²) in [5, 5.41) is 9.21. The van der Waals surface area contributed by atoms with E-state index in [1.165, 1.54) is 0 Å². The average molecular weight is 192 g/mol. The van der Waals surface area contributed by atoms with Crippen LogP contribution in [-0.2, 0) is 0 Å². The van der Waals surface area contributed by atoms with Gasteiger partial charge in [-0.25, -0.2) is 0 Å². The Morgan fingerprint density at radius 2 is 2.23 bits per heavy atom. The Morgan fingerprint density at radius 1 is 1.54 bits per heavy atom. The molecule has 1 aromatic rings. The molecule has 0 aliphatic heterocycles. The molecule has 13 heavy (non-hydrogen) atoms. The van der Waals surface area contributed by atoms with E-state index in [1.54, 1.807) is 18.2 Å². The normalized spacial score (nSPS) is 11.4. The van der Waals surface area contributed by atoms with Crippen molar-refractivity contribution in [3.05, 3.63) is 48.1 Å². The number of allylic oxidation sites excluding steroid dienone is 2. The van der Waals surface area contributed by atoms with E-state index in [4.69, 9.17) is 0 Å². The molecule has 0 saturated carbocycles. The number of rotatable bonds is 2. The smallest absolute Gasteiger partial charge is 0.116 e. The van der Waals surface area contributed by atoms with Gasteiger partial charge in [-0.05, 0) is 30.7 Å². The molecule has 0 aliphatic carbocycles. The molecule has 0 aliphatic rings. The quantitative estimate of drug-likeness (QED) is 0.544. The van der Waals surface area contributed by atoms with E-state index in [0.29, 0.717) is 0 Å². The van der Waals surface area contributed by atoms with Crippen molar-refractivity contribution in [2.45, 2.75) is 6.92 Å². The molecule has 0 spiro atoms. The molecule has 0 amide bonds. The molecule has 0 heterocycles. The van der Waals surface area contributed by atoms with Gasteiger partial charge in [0.05, 0.1) is 0 Å². The van der Waals surface area contributed by atoms with Crippen LogP contribution in [0.3, 0.4) is 0 Å². The fourth-order valence-electron chi connectivity index (χ4n) is 0.982. The molecule has 0 saturated heterocycles. The Bertz CT molecular complexity index is 353. The highest BCUT2D eigenvalue weighted by molar-refractivity contribution is 7.90. The van der Waals surface area contributed by atoms with Crippen molar-refractivity contribution >= 4 is 17.5 Å². The lowest BCUT2D eigenvalue weighted by atomic mass is 10.1. The van der Waals surface area contributed by atoms with E-state index in [-0.39, 0.29) is 5.75 Å². The Hall–Kier alpha value is -1.15. The summed E-state index contributed by atoms with van der Waals surface area (Å²) in [4.78, 5) is 0.809. The van der Waals surface area contributed by atoms with Crippen LogP contribution in [-0.4, -0.2) is 5.11 Å². The summed E-state index contributed by atoms with van der Waals surface area (Å²) in [6.07, 6.45) is 1.86. The first kappa shape index (κ1) is 9.93. The van der Waals surface area contributed by atoms with E-state index in [1.807, 2.05) is 19.1 Å². The lowest BCUT2D eigenvalue weighted by Gasteiger charge is -2.00. The van der Waals surface area contributed by atoms with Crippen LogP contribution in [0, 0.1) is 0 Å².